The predicted octanol–water partition coefficient (Wildman–Crippen LogP) is 2.63. The second-order valence-corrected chi connectivity index (χ2v) is 6.40. The lowest BCUT2D eigenvalue weighted by atomic mass is 10.1. The van der Waals surface area contributed by atoms with E-state index in [1.54, 1.807) is 35.3 Å². The number of fused-ring (bicyclic) bond motifs is 1. The van der Waals surface area contributed by atoms with Gasteiger partial charge in [0, 0.05) is 31.1 Å². The molecule has 0 fully saturated rings. The molecule has 0 atom stereocenters. The molecule has 0 radical (unpaired) electrons. The van der Waals surface area contributed by atoms with Crippen LogP contribution >= 0.6 is 0 Å². The van der Waals surface area contributed by atoms with Crippen molar-refractivity contribution < 1.29 is 9.53 Å². The molecule has 140 valence electrons. The first-order chi connectivity index (χ1) is 13.6. The van der Waals surface area contributed by atoms with Gasteiger partial charge >= 0.3 is 5.97 Å². The van der Waals surface area contributed by atoms with Crippen LogP contribution in [0.15, 0.2) is 65.7 Å². The van der Waals surface area contributed by atoms with Gasteiger partial charge in [0.1, 0.15) is 0 Å². The van der Waals surface area contributed by atoms with Crippen LogP contribution < -0.4 is 5.56 Å². The highest BCUT2D eigenvalue weighted by Crippen LogP contribution is 2.21. The molecule has 7 nitrogen and oxygen atoms in total. The summed E-state index contributed by atoms with van der Waals surface area (Å²) in [4.78, 5) is 32.7. The number of hydrogen-bond acceptors (Lipinski definition) is 5. The normalized spacial score (nSPS) is 10.9. The molecule has 0 aliphatic rings. The van der Waals surface area contributed by atoms with Gasteiger partial charge in [-0.2, -0.15) is 0 Å². The third-order valence-electron chi connectivity index (χ3n) is 4.70. The molecule has 0 saturated carbocycles. The first-order valence-corrected chi connectivity index (χ1v) is 8.72. The first kappa shape index (κ1) is 17.7. The van der Waals surface area contributed by atoms with Gasteiger partial charge in [0.2, 0.25) is 0 Å². The molecule has 4 rings (SSSR count). The lowest BCUT2D eigenvalue weighted by Crippen LogP contribution is -2.22. The van der Waals surface area contributed by atoms with Crippen LogP contribution in [0.5, 0.6) is 0 Å². The number of carbonyl (C=O) groups is 1. The highest BCUT2D eigenvalue weighted by Gasteiger charge is 2.12. The van der Waals surface area contributed by atoms with Crippen LogP contribution in [0.4, 0.5) is 0 Å². The Hall–Kier alpha value is -3.74. The Balaban J connectivity index is 1.67. The third kappa shape index (κ3) is 3.18. The SMILES string of the molecule is COC(=O)c1ccc(Cn2c(=O)cc(-c3ccc4nccnc4c3)n2C)cc1. The van der Waals surface area contributed by atoms with Crippen molar-refractivity contribution in [2.75, 3.05) is 7.11 Å². The quantitative estimate of drug-likeness (QED) is 0.513. The Morgan fingerprint density at radius 1 is 1.00 bits per heavy atom. The summed E-state index contributed by atoms with van der Waals surface area (Å²) in [5.41, 5.74) is 4.56. The van der Waals surface area contributed by atoms with E-state index in [1.807, 2.05) is 42.1 Å². The average Bonchev–Trinajstić information content (AvgIpc) is 3.01. The Bertz CT molecular complexity index is 1220. The van der Waals surface area contributed by atoms with Gasteiger partial charge in [0.25, 0.3) is 5.56 Å². The Morgan fingerprint density at radius 2 is 1.71 bits per heavy atom. The summed E-state index contributed by atoms with van der Waals surface area (Å²) in [6, 6.07) is 14.4. The molecule has 2 heterocycles. The van der Waals surface area contributed by atoms with Crippen molar-refractivity contribution in [3.63, 3.8) is 0 Å². The topological polar surface area (TPSA) is 79.0 Å². The maximum atomic E-state index is 12.6. The second-order valence-electron chi connectivity index (χ2n) is 6.40. The lowest BCUT2D eigenvalue weighted by molar-refractivity contribution is 0.0600. The van der Waals surface area contributed by atoms with Gasteiger partial charge in [-0.15, -0.1) is 0 Å². The minimum atomic E-state index is -0.385. The second kappa shape index (κ2) is 7.11. The first-order valence-electron chi connectivity index (χ1n) is 8.72. The minimum absolute atomic E-state index is 0.103. The van der Waals surface area contributed by atoms with E-state index in [4.69, 9.17) is 4.74 Å². The van der Waals surface area contributed by atoms with Crippen LogP contribution in [0.1, 0.15) is 15.9 Å². The minimum Gasteiger partial charge on any atom is -0.465 e. The molecule has 0 amide bonds. The molecular formula is C21H18N4O3. The molecule has 0 aliphatic carbocycles. The zero-order valence-electron chi connectivity index (χ0n) is 15.5. The number of aromatic nitrogens is 4. The molecule has 2 aromatic carbocycles. The number of rotatable bonds is 4. The average molecular weight is 374 g/mol. The lowest BCUT2D eigenvalue weighted by Gasteiger charge is -2.11. The fourth-order valence-corrected chi connectivity index (χ4v) is 3.18. The number of ether oxygens (including phenoxy) is 1. The smallest absolute Gasteiger partial charge is 0.337 e. The summed E-state index contributed by atoms with van der Waals surface area (Å²) in [6.07, 6.45) is 3.30. The summed E-state index contributed by atoms with van der Waals surface area (Å²) >= 11 is 0. The van der Waals surface area contributed by atoms with Gasteiger partial charge in [0.15, 0.2) is 0 Å². The van der Waals surface area contributed by atoms with E-state index in [0.29, 0.717) is 12.1 Å². The van der Waals surface area contributed by atoms with Crippen LogP contribution in [-0.2, 0) is 18.3 Å². The van der Waals surface area contributed by atoms with Gasteiger partial charge < -0.3 is 4.74 Å². The van der Waals surface area contributed by atoms with Crippen LogP contribution in [-0.4, -0.2) is 32.4 Å². The molecular weight excluding hydrogens is 356 g/mol. The summed E-state index contributed by atoms with van der Waals surface area (Å²) in [5, 5.41) is 0. The van der Waals surface area contributed by atoms with E-state index in [0.717, 1.165) is 27.9 Å². The highest BCUT2D eigenvalue weighted by atomic mass is 16.5. The number of carbonyl (C=O) groups excluding carboxylic acids is 1. The summed E-state index contributed by atoms with van der Waals surface area (Å²) < 4.78 is 8.18. The standard InChI is InChI=1S/C21H18N4O3/c1-24-19(16-7-8-17-18(11-16)23-10-9-22-17)12-20(26)25(24)13-14-3-5-15(6-4-14)21(27)28-2/h3-12H,13H2,1-2H3. The van der Waals surface area contributed by atoms with Crippen LogP contribution in [0, 0.1) is 0 Å². The van der Waals surface area contributed by atoms with E-state index in [2.05, 4.69) is 9.97 Å². The van der Waals surface area contributed by atoms with Gasteiger partial charge in [-0.05, 0) is 29.8 Å². The van der Waals surface area contributed by atoms with E-state index in [-0.39, 0.29) is 11.5 Å². The Labute approximate surface area is 160 Å². The molecule has 0 unspecified atom stereocenters. The molecule has 4 aromatic rings. The van der Waals surface area contributed by atoms with Gasteiger partial charge in [0.05, 0.1) is 35.9 Å². The fraction of sp³-hybridized carbons (Fsp3) is 0.143. The van der Waals surface area contributed by atoms with Crippen LogP contribution in [0.25, 0.3) is 22.3 Å². The van der Waals surface area contributed by atoms with Crippen molar-refractivity contribution >= 4 is 17.0 Å². The van der Waals surface area contributed by atoms with Crippen molar-refractivity contribution in [3.05, 3.63) is 82.4 Å². The van der Waals surface area contributed by atoms with Crippen LogP contribution in [0.2, 0.25) is 0 Å². The van der Waals surface area contributed by atoms with E-state index < -0.39 is 0 Å². The van der Waals surface area contributed by atoms with E-state index >= 15 is 0 Å². The molecule has 0 saturated heterocycles. The number of nitrogens with zero attached hydrogens (tertiary/aromatic N) is 4. The maximum absolute atomic E-state index is 12.6. The van der Waals surface area contributed by atoms with Crippen LogP contribution in [0.3, 0.4) is 0 Å². The predicted molar refractivity (Wildman–Crippen MR) is 105 cm³/mol. The fourth-order valence-electron chi connectivity index (χ4n) is 3.18. The monoisotopic (exact) mass is 374 g/mol. The Morgan fingerprint density at radius 3 is 2.43 bits per heavy atom. The number of methoxy groups -OCH3 is 1. The zero-order valence-corrected chi connectivity index (χ0v) is 15.5. The van der Waals surface area contributed by atoms with E-state index in [1.165, 1.54) is 7.11 Å². The molecule has 28 heavy (non-hydrogen) atoms. The van der Waals surface area contributed by atoms with Gasteiger partial charge in [-0.1, -0.05) is 18.2 Å². The van der Waals surface area contributed by atoms with Crippen molar-refractivity contribution in [2.24, 2.45) is 7.05 Å². The maximum Gasteiger partial charge on any atom is 0.337 e. The van der Waals surface area contributed by atoms with Crippen molar-refractivity contribution in [3.8, 4) is 11.3 Å². The number of benzene rings is 2. The highest BCUT2D eigenvalue weighted by molar-refractivity contribution is 5.89. The molecule has 7 heteroatoms. The summed E-state index contributed by atoms with van der Waals surface area (Å²) in [7, 11) is 3.19. The van der Waals surface area contributed by atoms with Crippen molar-refractivity contribution in [1.82, 2.24) is 19.3 Å². The number of esters is 1. The zero-order chi connectivity index (χ0) is 19.7. The van der Waals surface area contributed by atoms with Crippen molar-refractivity contribution in [1.29, 1.82) is 0 Å². The molecule has 2 aromatic heterocycles. The molecule has 0 spiro atoms. The molecule has 0 bridgehead atoms. The number of hydrogen-bond donors (Lipinski definition) is 0. The molecule has 0 aliphatic heterocycles. The largest absolute Gasteiger partial charge is 0.465 e. The van der Waals surface area contributed by atoms with Crippen molar-refractivity contribution in [2.45, 2.75) is 6.54 Å². The third-order valence-corrected chi connectivity index (χ3v) is 4.70. The summed E-state index contributed by atoms with van der Waals surface area (Å²) in [5.74, 6) is -0.385. The van der Waals surface area contributed by atoms with Gasteiger partial charge in [-0.3, -0.25) is 19.4 Å². The Kier molecular flexibility index (Phi) is 4.49. The molecule has 0 N–H and O–H groups in total. The summed E-state index contributed by atoms with van der Waals surface area (Å²) in [6.45, 7) is 0.393. The van der Waals surface area contributed by atoms with Gasteiger partial charge in [-0.25, -0.2) is 9.48 Å². The van der Waals surface area contributed by atoms with E-state index in [9.17, 15) is 9.59 Å².